The molecular formula is C16H25FN2. The molecule has 19 heavy (non-hydrogen) atoms. The van der Waals surface area contributed by atoms with Gasteiger partial charge in [-0.05, 0) is 64.0 Å². The first-order valence-corrected chi connectivity index (χ1v) is 7.25. The molecule has 1 aliphatic carbocycles. The van der Waals surface area contributed by atoms with Crippen LogP contribution in [0, 0.1) is 12.7 Å². The summed E-state index contributed by atoms with van der Waals surface area (Å²) in [5, 5.41) is 3.30. The maximum absolute atomic E-state index is 13.6. The minimum absolute atomic E-state index is 0.106. The van der Waals surface area contributed by atoms with Gasteiger partial charge in [-0.3, -0.25) is 0 Å². The molecule has 1 fully saturated rings. The highest BCUT2D eigenvalue weighted by Gasteiger charge is 2.22. The van der Waals surface area contributed by atoms with Crippen LogP contribution < -0.4 is 5.32 Å². The van der Waals surface area contributed by atoms with E-state index in [0.717, 1.165) is 24.6 Å². The van der Waals surface area contributed by atoms with E-state index >= 15 is 0 Å². The molecule has 0 heterocycles. The van der Waals surface area contributed by atoms with Gasteiger partial charge in [-0.25, -0.2) is 4.39 Å². The highest BCUT2D eigenvalue weighted by atomic mass is 19.1. The molecule has 1 atom stereocenters. The predicted molar refractivity (Wildman–Crippen MR) is 77.8 cm³/mol. The normalized spacial score (nSPS) is 17.5. The van der Waals surface area contributed by atoms with Crippen LogP contribution in [0.3, 0.4) is 0 Å². The minimum atomic E-state index is -0.106. The molecule has 106 valence electrons. The predicted octanol–water partition coefficient (Wildman–Crippen LogP) is 3.27. The van der Waals surface area contributed by atoms with Crippen molar-refractivity contribution in [3.63, 3.8) is 0 Å². The number of hydrogen-bond acceptors (Lipinski definition) is 2. The van der Waals surface area contributed by atoms with Gasteiger partial charge in [-0.15, -0.1) is 0 Å². The molecule has 0 aromatic heterocycles. The quantitative estimate of drug-likeness (QED) is 0.848. The van der Waals surface area contributed by atoms with Crippen molar-refractivity contribution in [1.29, 1.82) is 0 Å². The fraction of sp³-hybridized carbons (Fsp3) is 0.625. The molecule has 1 aliphatic rings. The Hall–Kier alpha value is -0.930. The summed E-state index contributed by atoms with van der Waals surface area (Å²) in [5.41, 5.74) is 1.76. The number of aryl methyl sites for hydroxylation is 1. The Labute approximate surface area is 116 Å². The molecule has 0 saturated heterocycles. The van der Waals surface area contributed by atoms with Gasteiger partial charge in [0, 0.05) is 12.1 Å². The van der Waals surface area contributed by atoms with E-state index in [1.807, 2.05) is 19.2 Å². The van der Waals surface area contributed by atoms with E-state index in [2.05, 4.69) is 17.3 Å². The summed E-state index contributed by atoms with van der Waals surface area (Å²) >= 11 is 0. The third-order valence-corrected chi connectivity index (χ3v) is 4.42. The SMILES string of the molecule is CNC(CCN(C)C1CCC1)c1ccc(C)c(F)c1. The van der Waals surface area contributed by atoms with E-state index in [1.165, 1.54) is 19.3 Å². The van der Waals surface area contributed by atoms with Gasteiger partial charge in [0.25, 0.3) is 0 Å². The average molecular weight is 264 g/mol. The van der Waals surface area contributed by atoms with E-state index in [4.69, 9.17) is 0 Å². The van der Waals surface area contributed by atoms with Gasteiger partial charge in [-0.1, -0.05) is 18.6 Å². The first-order chi connectivity index (χ1) is 9.11. The first kappa shape index (κ1) is 14.5. The Morgan fingerprint density at radius 1 is 1.42 bits per heavy atom. The third kappa shape index (κ3) is 3.54. The summed E-state index contributed by atoms with van der Waals surface area (Å²) < 4.78 is 13.6. The van der Waals surface area contributed by atoms with Crippen molar-refractivity contribution in [2.45, 2.75) is 44.7 Å². The molecule has 1 unspecified atom stereocenters. The highest BCUT2D eigenvalue weighted by molar-refractivity contribution is 5.25. The molecule has 0 bridgehead atoms. The van der Waals surface area contributed by atoms with Crippen LogP contribution in [0.15, 0.2) is 18.2 Å². The third-order valence-electron chi connectivity index (χ3n) is 4.42. The lowest BCUT2D eigenvalue weighted by molar-refractivity contribution is 0.153. The van der Waals surface area contributed by atoms with Gasteiger partial charge in [0.15, 0.2) is 0 Å². The van der Waals surface area contributed by atoms with Crippen molar-refractivity contribution in [2.24, 2.45) is 0 Å². The Bertz CT molecular complexity index is 415. The van der Waals surface area contributed by atoms with E-state index in [9.17, 15) is 4.39 Å². The molecule has 1 aromatic carbocycles. The second kappa shape index (κ2) is 6.49. The first-order valence-electron chi connectivity index (χ1n) is 7.25. The molecule has 0 amide bonds. The van der Waals surface area contributed by atoms with Crippen LogP contribution >= 0.6 is 0 Å². The molecule has 3 heteroatoms. The van der Waals surface area contributed by atoms with E-state index in [-0.39, 0.29) is 11.9 Å². The number of rotatable bonds is 6. The van der Waals surface area contributed by atoms with Crippen LogP contribution in [0.2, 0.25) is 0 Å². The highest BCUT2D eigenvalue weighted by Crippen LogP contribution is 2.25. The lowest BCUT2D eigenvalue weighted by atomic mass is 9.91. The van der Waals surface area contributed by atoms with Crippen molar-refractivity contribution < 1.29 is 4.39 Å². The fourth-order valence-electron chi connectivity index (χ4n) is 2.65. The van der Waals surface area contributed by atoms with Crippen LogP contribution in [0.5, 0.6) is 0 Å². The number of nitrogens with one attached hydrogen (secondary N) is 1. The summed E-state index contributed by atoms with van der Waals surface area (Å²) in [7, 11) is 4.15. The zero-order chi connectivity index (χ0) is 13.8. The maximum Gasteiger partial charge on any atom is 0.126 e. The Morgan fingerprint density at radius 3 is 2.68 bits per heavy atom. The molecule has 0 aliphatic heterocycles. The Balaban J connectivity index is 1.93. The molecule has 1 aromatic rings. The van der Waals surface area contributed by atoms with Gasteiger partial charge in [0.05, 0.1) is 0 Å². The molecule has 0 spiro atoms. The molecule has 2 nitrogen and oxygen atoms in total. The van der Waals surface area contributed by atoms with Gasteiger partial charge < -0.3 is 10.2 Å². The van der Waals surface area contributed by atoms with Gasteiger partial charge >= 0.3 is 0 Å². The Morgan fingerprint density at radius 2 is 2.16 bits per heavy atom. The molecule has 2 rings (SSSR count). The second-order valence-electron chi connectivity index (χ2n) is 5.70. The lowest BCUT2D eigenvalue weighted by Crippen LogP contribution is -2.38. The van der Waals surface area contributed by atoms with Gasteiger partial charge in [0.2, 0.25) is 0 Å². The monoisotopic (exact) mass is 264 g/mol. The molecule has 0 radical (unpaired) electrons. The Kier molecular flexibility index (Phi) is 4.94. The second-order valence-corrected chi connectivity index (χ2v) is 5.70. The molecule has 1 N–H and O–H groups in total. The van der Waals surface area contributed by atoms with Crippen molar-refractivity contribution in [3.05, 3.63) is 35.1 Å². The zero-order valence-electron chi connectivity index (χ0n) is 12.2. The lowest BCUT2D eigenvalue weighted by Gasteiger charge is -2.35. The van der Waals surface area contributed by atoms with Crippen LogP contribution in [0.1, 0.15) is 42.9 Å². The zero-order valence-corrected chi connectivity index (χ0v) is 12.2. The van der Waals surface area contributed by atoms with E-state index in [0.29, 0.717) is 5.56 Å². The molecule has 1 saturated carbocycles. The smallest absolute Gasteiger partial charge is 0.126 e. The van der Waals surface area contributed by atoms with E-state index < -0.39 is 0 Å². The number of halogens is 1. The summed E-state index contributed by atoms with van der Waals surface area (Å²) in [5.74, 6) is -0.106. The largest absolute Gasteiger partial charge is 0.313 e. The summed E-state index contributed by atoms with van der Waals surface area (Å²) in [4.78, 5) is 2.44. The van der Waals surface area contributed by atoms with Crippen LogP contribution in [0.4, 0.5) is 4.39 Å². The average Bonchev–Trinajstić information content (AvgIpc) is 2.32. The van der Waals surface area contributed by atoms with Crippen molar-refractivity contribution in [3.8, 4) is 0 Å². The fourth-order valence-corrected chi connectivity index (χ4v) is 2.65. The number of hydrogen-bond donors (Lipinski definition) is 1. The summed E-state index contributed by atoms with van der Waals surface area (Å²) in [6.07, 6.45) is 5.05. The number of benzene rings is 1. The molecular weight excluding hydrogens is 239 g/mol. The summed E-state index contributed by atoms with van der Waals surface area (Å²) in [6, 6.07) is 6.57. The van der Waals surface area contributed by atoms with Crippen LogP contribution in [0.25, 0.3) is 0 Å². The topological polar surface area (TPSA) is 15.3 Å². The van der Waals surface area contributed by atoms with Crippen molar-refractivity contribution in [1.82, 2.24) is 10.2 Å². The van der Waals surface area contributed by atoms with Gasteiger partial charge in [0.1, 0.15) is 5.82 Å². The maximum atomic E-state index is 13.6. The van der Waals surface area contributed by atoms with E-state index in [1.54, 1.807) is 13.0 Å². The van der Waals surface area contributed by atoms with Gasteiger partial charge in [-0.2, -0.15) is 0 Å². The number of nitrogens with zero attached hydrogens (tertiary/aromatic N) is 1. The van der Waals surface area contributed by atoms with Crippen molar-refractivity contribution >= 4 is 0 Å². The van der Waals surface area contributed by atoms with Crippen LogP contribution in [-0.2, 0) is 0 Å². The minimum Gasteiger partial charge on any atom is -0.313 e. The van der Waals surface area contributed by atoms with Crippen LogP contribution in [-0.4, -0.2) is 31.6 Å². The van der Waals surface area contributed by atoms with Crippen molar-refractivity contribution in [2.75, 3.05) is 20.6 Å². The summed E-state index contributed by atoms with van der Waals surface area (Å²) in [6.45, 7) is 2.86. The standard InChI is InChI=1S/C16H25FN2/c1-12-7-8-13(11-15(12)17)16(18-2)9-10-19(3)14-5-4-6-14/h7-8,11,14,16,18H,4-6,9-10H2,1-3H3.